The van der Waals surface area contributed by atoms with E-state index in [1.54, 1.807) is 13.1 Å². The van der Waals surface area contributed by atoms with E-state index in [1.165, 1.54) is 4.68 Å². The van der Waals surface area contributed by atoms with Gasteiger partial charge in [-0.3, -0.25) is 8.89 Å². The molecule has 0 saturated carbocycles. The van der Waals surface area contributed by atoms with Crippen molar-refractivity contribution in [3.8, 4) is 11.3 Å². The summed E-state index contributed by atoms with van der Waals surface area (Å²) in [5.41, 5.74) is 1.57. The Morgan fingerprint density at radius 2 is 1.94 bits per heavy atom. The van der Waals surface area contributed by atoms with Crippen LogP contribution in [0.4, 0.5) is 0 Å². The minimum atomic E-state index is -2.24. The van der Waals surface area contributed by atoms with E-state index in [0.717, 1.165) is 5.56 Å². The molecule has 6 heteroatoms. The van der Waals surface area contributed by atoms with Crippen LogP contribution < -0.4 is 18.9 Å². The summed E-state index contributed by atoms with van der Waals surface area (Å²) in [5, 5.41) is 4.31. The molecular weight excluding hydrogens is 219 g/mol. The van der Waals surface area contributed by atoms with Crippen molar-refractivity contribution in [2.45, 2.75) is 5.03 Å². The summed E-state index contributed by atoms with van der Waals surface area (Å²) >= 11 is -2.24. The van der Waals surface area contributed by atoms with E-state index in [4.69, 9.17) is 0 Å². The third-order valence-electron chi connectivity index (χ3n) is 2.08. The molecule has 2 aromatic rings. The van der Waals surface area contributed by atoms with Crippen LogP contribution in [0, 0.1) is 0 Å². The Bertz CT molecular complexity index is 499. The molecule has 0 amide bonds. The molecule has 1 aromatic carbocycles. The number of aromatic nitrogens is 2. The van der Waals surface area contributed by atoms with Crippen molar-refractivity contribution in [2.24, 2.45) is 7.05 Å². The molecule has 1 atom stereocenters. The molecule has 0 fully saturated rings. The predicted octanol–water partition coefficient (Wildman–Crippen LogP) is -1.67. The predicted molar refractivity (Wildman–Crippen MR) is 55.8 cm³/mol. The van der Waals surface area contributed by atoms with Gasteiger partial charge in [-0.05, 0) is 17.1 Å². The summed E-state index contributed by atoms with van der Waals surface area (Å²) in [7, 11) is 1.61. The van der Waals surface area contributed by atoms with Gasteiger partial charge in [0.2, 0.25) is 0 Å². The van der Waals surface area contributed by atoms with Gasteiger partial charge in [-0.2, -0.15) is 5.10 Å². The second-order valence-corrected chi connectivity index (χ2v) is 3.98. The van der Waals surface area contributed by atoms with E-state index in [-0.39, 0.29) is 23.9 Å². The van der Waals surface area contributed by atoms with Crippen molar-refractivity contribution >= 4 is 11.1 Å². The van der Waals surface area contributed by atoms with Gasteiger partial charge < -0.3 is 4.55 Å². The number of rotatable bonds is 2. The molecule has 0 aliphatic heterocycles. The van der Waals surface area contributed by atoms with E-state index in [9.17, 15) is 8.76 Å². The fraction of sp³-hybridized carbons (Fsp3) is 0.100. The Labute approximate surface area is 108 Å². The monoisotopic (exact) mass is 228 g/mol. The first-order chi connectivity index (χ1) is 7.18. The van der Waals surface area contributed by atoms with Crippen molar-refractivity contribution in [1.29, 1.82) is 0 Å². The Hall–Kier alpha value is -0.863. The molecule has 0 saturated heterocycles. The van der Waals surface area contributed by atoms with Crippen molar-refractivity contribution in [3.63, 3.8) is 0 Å². The summed E-state index contributed by atoms with van der Waals surface area (Å²) in [4.78, 5) is 0. The van der Waals surface area contributed by atoms with Crippen LogP contribution in [0.2, 0.25) is 0 Å². The van der Waals surface area contributed by atoms with Crippen molar-refractivity contribution in [2.75, 3.05) is 0 Å². The minimum Gasteiger partial charge on any atom is -0.767 e. The summed E-state index contributed by atoms with van der Waals surface area (Å²) in [6, 6.07) is 11.0. The fourth-order valence-electron chi connectivity index (χ4n) is 1.36. The average molecular weight is 228 g/mol. The summed E-state index contributed by atoms with van der Waals surface area (Å²) in [6.45, 7) is 0. The van der Waals surface area contributed by atoms with Gasteiger partial charge in [0, 0.05) is 12.6 Å². The number of benzene rings is 1. The van der Waals surface area contributed by atoms with Crippen molar-refractivity contribution < 1.29 is 27.6 Å². The first-order valence-corrected chi connectivity index (χ1v) is 5.44. The number of aryl methyl sites for hydroxylation is 1. The zero-order valence-corrected chi connectivity index (χ0v) is 9.90. The molecule has 0 aliphatic rings. The molecule has 2 rings (SSSR count). The topological polar surface area (TPSA) is 58.0 Å². The Kier molecular flexibility index (Phi) is 4.51. The zero-order chi connectivity index (χ0) is 10.8. The molecule has 0 bridgehead atoms. The van der Waals surface area contributed by atoms with Gasteiger partial charge in [0.15, 0.2) is 0 Å². The summed E-state index contributed by atoms with van der Waals surface area (Å²) in [5.74, 6) is 0. The van der Waals surface area contributed by atoms with E-state index in [2.05, 4.69) is 5.10 Å². The van der Waals surface area contributed by atoms with Crippen LogP contribution in [0.3, 0.4) is 0 Å². The normalized spacial score (nSPS) is 11.9. The van der Waals surface area contributed by atoms with E-state index in [1.807, 2.05) is 30.3 Å². The molecular formula is C10H9LiN2O2S. The van der Waals surface area contributed by atoms with Crippen LogP contribution >= 0.6 is 0 Å². The quantitative estimate of drug-likeness (QED) is 0.456. The summed E-state index contributed by atoms with van der Waals surface area (Å²) in [6.07, 6.45) is 0. The third-order valence-corrected chi connectivity index (χ3v) is 2.80. The van der Waals surface area contributed by atoms with Crippen LogP contribution in [-0.2, 0) is 18.1 Å². The SMILES string of the molecule is Cn1nc(-c2ccccc2)cc1S(=O)[O-].[Li+]. The van der Waals surface area contributed by atoms with Crippen LogP contribution in [0.25, 0.3) is 11.3 Å². The van der Waals surface area contributed by atoms with Crippen molar-refractivity contribution in [3.05, 3.63) is 36.4 Å². The zero-order valence-electron chi connectivity index (χ0n) is 9.08. The van der Waals surface area contributed by atoms with Crippen LogP contribution in [-0.4, -0.2) is 18.5 Å². The van der Waals surface area contributed by atoms with Crippen LogP contribution in [0.1, 0.15) is 0 Å². The van der Waals surface area contributed by atoms with Gasteiger partial charge in [0.1, 0.15) is 5.03 Å². The van der Waals surface area contributed by atoms with Gasteiger partial charge in [-0.25, -0.2) is 0 Å². The largest absolute Gasteiger partial charge is 1.00 e. The standard InChI is InChI=1S/C10H10N2O2S.Li/c1-12-10(15(13)14)7-9(11-12)8-5-3-2-4-6-8;/h2-7H,1H3,(H,13,14);/q;+1/p-1. The van der Waals surface area contributed by atoms with Gasteiger partial charge in [-0.15, -0.1) is 0 Å². The molecule has 1 aromatic heterocycles. The average Bonchev–Trinajstić information content (AvgIpc) is 2.62. The van der Waals surface area contributed by atoms with Crippen molar-refractivity contribution in [1.82, 2.24) is 9.78 Å². The molecule has 1 heterocycles. The molecule has 0 spiro atoms. The van der Waals surface area contributed by atoms with Gasteiger partial charge in [0.05, 0.1) is 5.69 Å². The van der Waals surface area contributed by atoms with E-state index in [0.29, 0.717) is 5.69 Å². The number of hydrogen-bond acceptors (Lipinski definition) is 3. The maximum absolute atomic E-state index is 10.8. The summed E-state index contributed by atoms with van der Waals surface area (Å²) < 4.78 is 23.0. The Morgan fingerprint density at radius 1 is 1.31 bits per heavy atom. The first kappa shape index (κ1) is 13.2. The van der Waals surface area contributed by atoms with Crippen LogP contribution in [0.15, 0.2) is 41.4 Å². The molecule has 1 unspecified atom stereocenters. The van der Waals surface area contributed by atoms with Gasteiger partial charge in [0.25, 0.3) is 0 Å². The molecule has 16 heavy (non-hydrogen) atoms. The molecule has 0 radical (unpaired) electrons. The molecule has 78 valence electrons. The maximum Gasteiger partial charge on any atom is 1.00 e. The Balaban J connectivity index is 0.00000128. The number of nitrogens with zero attached hydrogens (tertiary/aromatic N) is 2. The minimum absolute atomic E-state index is 0. The molecule has 0 aliphatic carbocycles. The smallest absolute Gasteiger partial charge is 0.767 e. The molecule has 0 N–H and O–H groups in total. The first-order valence-electron chi connectivity index (χ1n) is 4.37. The second-order valence-electron chi connectivity index (χ2n) is 3.09. The van der Waals surface area contributed by atoms with Gasteiger partial charge >= 0.3 is 18.9 Å². The Morgan fingerprint density at radius 3 is 2.44 bits per heavy atom. The number of hydrogen-bond donors (Lipinski definition) is 0. The van der Waals surface area contributed by atoms with Crippen LogP contribution in [0.5, 0.6) is 0 Å². The van der Waals surface area contributed by atoms with E-state index < -0.39 is 11.1 Å². The van der Waals surface area contributed by atoms with Gasteiger partial charge in [-0.1, -0.05) is 30.3 Å². The second kappa shape index (κ2) is 5.46. The maximum atomic E-state index is 10.8. The molecule has 4 nitrogen and oxygen atoms in total. The fourth-order valence-corrected chi connectivity index (χ4v) is 1.82. The van der Waals surface area contributed by atoms with E-state index >= 15 is 0 Å². The third kappa shape index (κ3) is 2.63.